The lowest BCUT2D eigenvalue weighted by Gasteiger charge is -2.07. The molecule has 3 N–H and O–H groups in total. The Kier molecular flexibility index (Phi) is 6.13. The molecule has 142 valence electrons. The highest BCUT2D eigenvalue weighted by molar-refractivity contribution is 7.17. The van der Waals surface area contributed by atoms with Crippen LogP contribution in [-0.2, 0) is 33.8 Å². The molecule has 0 atom stereocenters. The Balaban J connectivity index is 1.50. The van der Waals surface area contributed by atoms with Crippen LogP contribution in [0.2, 0.25) is 5.02 Å². The normalized spacial score (nSPS) is 12.5. The Morgan fingerprint density at radius 3 is 2.78 bits per heavy atom. The minimum absolute atomic E-state index is 0.0326. The minimum Gasteiger partial charge on any atom is -0.461 e. The van der Waals surface area contributed by atoms with Crippen LogP contribution in [-0.4, -0.2) is 17.8 Å². The van der Waals surface area contributed by atoms with Crippen LogP contribution in [0.25, 0.3) is 0 Å². The van der Waals surface area contributed by atoms with Gasteiger partial charge in [0.2, 0.25) is 5.91 Å². The molecule has 6 nitrogen and oxygen atoms in total. The number of hydrogen-bond acceptors (Lipinski definition) is 5. The molecule has 0 fully saturated rings. The van der Waals surface area contributed by atoms with Gasteiger partial charge in [-0.25, -0.2) is 0 Å². The van der Waals surface area contributed by atoms with Gasteiger partial charge in [-0.15, -0.1) is 11.3 Å². The number of benzene rings is 1. The SMILES string of the molecule is NC(=O)c1c(NC(=O)CCC(=O)OCc2cccc(Cl)c2)sc2c1CCC2. The number of ether oxygens (including phenoxy) is 1. The Bertz CT molecular complexity index is 894. The first-order valence-electron chi connectivity index (χ1n) is 8.58. The van der Waals surface area contributed by atoms with Gasteiger partial charge >= 0.3 is 5.97 Å². The molecule has 0 saturated heterocycles. The summed E-state index contributed by atoms with van der Waals surface area (Å²) in [5, 5.41) is 3.75. The first-order chi connectivity index (χ1) is 12.9. The van der Waals surface area contributed by atoms with Gasteiger partial charge in [0.25, 0.3) is 5.91 Å². The first kappa shape index (κ1) is 19.4. The molecule has 0 spiro atoms. The number of anilines is 1. The van der Waals surface area contributed by atoms with Gasteiger partial charge in [0.1, 0.15) is 11.6 Å². The average molecular weight is 407 g/mol. The molecular formula is C19H19ClN2O4S. The fourth-order valence-electron chi connectivity index (χ4n) is 3.02. The van der Waals surface area contributed by atoms with E-state index in [9.17, 15) is 14.4 Å². The third-order valence-electron chi connectivity index (χ3n) is 4.27. The molecule has 0 bridgehead atoms. The number of thiophene rings is 1. The highest BCUT2D eigenvalue weighted by Gasteiger charge is 2.26. The van der Waals surface area contributed by atoms with Crippen molar-refractivity contribution in [2.45, 2.75) is 38.7 Å². The van der Waals surface area contributed by atoms with Crippen molar-refractivity contribution in [2.75, 3.05) is 5.32 Å². The Morgan fingerprint density at radius 2 is 2.04 bits per heavy atom. The zero-order chi connectivity index (χ0) is 19.4. The van der Waals surface area contributed by atoms with E-state index in [1.54, 1.807) is 24.3 Å². The van der Waals surface area contributed by atoms with Crippen LogP contribution in [0.5, 0.6) is 0 Å². The molecule has 27 heavy (non-hydrogen) atoms. The molecular weight excluding hydrogens is 388 g/mol. The number of carbonyl (C=O) groups excluding carboxylic acids is 3. The number of nitrogens with two attached hydrogens (primary N) is 1. The predicted octanol–water partition coefficient (Wildman–Crippen LogP) is 3.45. The number of carbonyl (C=O) groups is 3. The third-order valence-corrected chi connectivity index (χ3v) is 5.71. The lowest BCUT2D eigenvalue weighted by molar-refractivity contribution is -0.145. The van der Waals surface area contributed by atoms with E-state index in [1.807, 2.05) is 0 Å². The van der Waals surface area contributed by atoms with E-state index >= 15 is 0 Å². The predicted molar refractivity (Wildman–Crippen MR) is 104 cm³/mol. The second-order valence-corrected chi connectivity index (χ2v) is 7.81. The summed E-state index contributed by atoms with van der Waals surface area (Å²) in [5.41, 5.74) is 7.60. The van der Waals surface area contributed by atoms with Crippen molar-refractivity contribution in [3.63, 3.8) is 0 Å². The third kappa shape index (κ3) is 4.87. The second kappa shape index (κ2) is 8.54. The molecule has 3 rings (SSSR count). The van der Waals surface area contributed by atoms with Gasteiger partial charge in [0, 0.05) is 16.3 Å². The van der Waals surface area contributed by atoms with Crippen molar-refractivity contribution >= 4 is 45.7 Å². The number of fused-ring (bicyclic) bond motifs is 1. The van der Waals surface area contributed by atoms with Crippen LogP contribution < -0.4 is 11.1 Å². The maximum absolute atomic E-state index is 12.2. The number of esters is 1. The molecule has 0 unspecified atom stereocenters. The molecule has 0 saturated carbocycles. The molecule has 1 aromatic heterocycles. The topological polar surface area (TPSA) is 98.5 Å². The van der Waals surface area contributed by atoms with Crippen molar-refractivity contribution in [3.8, 4) is 0 Å². The van der Waals surface area contributed by atoms with Crippen LogP contribution >= 0.6 is 22.9 Å². The van der Waals surface area contributed by atoms with Gasteiger partial charge < -0.3 is 15.8 Å². The molecule has 8 heteroatoms. The summed E-state index contributed by atoms with van der Waals surface area (Å²) >= 11 is 7.26. The molecule has 1 aliphatic carbocycles. The van der Waals surface area contributed by atoms with Crippen LogP contribution in [0.15, 0.2) is 24.3 Å². The highest BCUT2D eigenvalue weighted by atomic mass is 35.5. The number of rotatable bonds is 7. The minimum atomic E-state index is -0.536. The number of hydrogen-bond donors (Lipinski definition) is 2. The summed E-state index contributed by atoms with van der Waals surface area (Å²) in [6.45, 7) is 0.102. The smallest absolute Gasteiger partial charge is 0.306 e. The fourth-order valence-corrected chi connectivity index (χ4v) is 4.54. The van der Waals surface area contributed by atoms with Crippen LogP contribution in [0, 0.1) is 0 Å². The lowest BCUT2D eigenvalue weighted by atomic mass is 10.1. The summed E-state index contributed by atoms with van der Waals surface area (Å²) in [5.74, 6) is -1.36. The highest BCUT2D eigenvalue weighted by Crippen LogP contribution is 2.38. The number of nitrogens with one attached hydrogen (secondary N) is 1. The van der Waals surface area contributed by atoms with Crippen molar-refractivity contribution in [1.29, 1.82) is 0 Å². The van der Waals surface area contributed by atoms with E-state index in [4.69, 9.17) is 22.1 Å². The van der Waals surface area contributed by atoms with E-state index < -0.39 is 11.9 Å². The van der Waals surface area contributed by atoms with Crippen molar-refractivity contribution in [2.24, 2.45) is 5.73 Å². The summed E-state index contributed by atoms with van der Waals surface area (Å²) in [6.07, 6.45) is 2.61. The molecule has 0 radical (unpaired) electrons. The number of primary amides is 1. The second-order valence-electron chi connectivity index (χ2n) is 6.26. The quantitative estimate of drug-likeness (QED) is 0.688. The lowest BCUT2D eigenvalue weighted by Crippen LogP contribution is -2.18. The van der Waals surface area contributed by atoms with Crippen molar-refractivity contribution in [3.05, 3.63) is 50.9 Å². The number of amides is 2. The van der Waals surface area contributed by atoms with Crippen LogP contribution in [0.1, 0.15) is 45.6 Å². The first-order valence-corrected chi connectivity index (χ1v) is 9.77. The summed E-state index contributed by atoms with van der Waals surface area (Å²) in [4.78, 5) is 36.8. The van der Waals surface area contributed by atoms with E-state index in [0.717, 1.165) is 35.3 Å². The van der Waals surface area contributed by atoms with Crippen molar-refractivity contribution in [1.82, 2.24) is 0 Å². The Morgan fingerprint density at radius 1 is 1.22 bits per heavy atom. The molecule has 0 aliphatic heterocycles. The summed E-state index contributed by atoms with van der Waals surface area (Å²) in [6, 6.07) is 7.02. The Labute approximate surface area is 165 Å². The molecule has 1 aliphatic rings. The van der Waals surface area contributed by atoms with E-state index in [1.165, 1.54) is 11.3 Å². The van der Waals surface area contributed by atoms with Gasteiger partial charge in [0.05, 0.1) is 12.0 Å². The maximum atomic E-state index is 12.2. The monoisotopic (exact) mass is 406 g/mol. The van der Waals surface area contributed by atoms with Gasteiger partial charge in [-0.05, 0) is 42.5 Å². The zero-order valence-electron chi connectivity index (χ0n) is 14.5. The Hall–Kier alpha value is -2.38. The summed E-state index contributed by atoms with van der Waals surface area (Å²) in [7, 11) is 0. The number of halogens is 1. The van der Waals surface area contributed by atoms with Crippen molar-refractivity contribution < 1.29 is 19.1 Å². The molecule has 1 aromatic carbocycles. The molecule has 1 heterocycles. The van der Waals surface area contributed by atoms with Gasteiger partial charge in [-0.2, -0.15) is 0 Å². The van der Waals surface area contributed by atoms with Crippen LogP contribution in [0.4, 0.5) is 5.00 Å². The molecule has 2 amide bonds. The van der Waals surface area contributed by atoms with Gasteiger partial charge in [-0.1, -0.05) is 23.7 Å². The number of aryl methyl sites for hydroxylation is 1. The van der Waals surface area contributed by atoms with Crippen LogP contribution in [0.3, 0.4) is 0 Å². The van der Waals surface area contributed by atoms with E-state index in [-0.39, 0.29) is 25.4 Å². The average Bonchev–Trinajstić information content (AvgIpc) is 3.18. The van der Waals surface area contributed by atoms with Gasteiger partial charge in [0.15, 0.2) is 0 Å². The largest absolute Gasteiger partial charge is 0.461 e. The molecule has 2 aromatic rings. The van der Waals surface area contributed by atoms with E-state index in [2.05, 4.69) is 5.32 Å². The fraction of sp³-hybridized carbons (Fsp3) is 0.316. The van der Waals surface area contributed by atoms with Gasteiger partial charge in [-0.3, -0.25) is 14.4 Å². The van der Waals surface area contributed by atoms with E-state index in [0.29, 0.717) is 15.6 Å². The standard InChI is InChI=1S/C19H19ClN2O4S/c20-12-4-1-3-11(9-12)10-26-16(24)8-7-15(23)22-19-17(18(21)25)13-5-2-6-14(13)27-19/h1,3-4,9H,2,5-8,10H2,(H2,21,25)(H,22,23). The summed E-state index contributed by atoms with van der Waals surface area (Å²) < 4.78 is 5.15. The zero-order valence-corrected chi connectivity index (χ0v) is 16.1. The maximum Gasteiger partial charge on any atom is 0.306 e.